The highest BCUT2D eigenvalue weighted by Gasteiger charge is 2.11. The van der Waals surface area contributed by atoms with Gasteiger partial charge in [-0.1, -0.05) is 0 Å². The molecule has 7 heteroatoms. The molecule has 2 aromatic rings. The first-order valence-corrected chi connectivity index (χ1v) is 5.61. The zero-order valence-electron chi connectivity index (χ0n) is 10.4. The van der Waals surface area contributed by atoms with E-state index in [9.17, 15) is 4.79 Å². The second kappa shape index (κ2) is 4.91. The van der Waals surface area contributed by atoms with Crippen molar-refractivity contribution < 1.29 is 4.79 Å². The topological polar surface area (TPSA) is 102 Å². The average Bonchev–Trinajstić information content (AvgIpc) is 2.93. The van der Waals surface area contributed by atoms with Gasteiger partial charge in [0.15, 0.2) is 0 Å². The number of nitrogens with one attached hydrogen (secondary N) is 2. The molecule has 0 spiro atoms. The zero-order valence-corrected chi connectivity index (χ0v) is 10.4. The van der Waals surface area contributed by atoms with Crippen LogP contribution in [-0.4, -0.2) is 25.7 Å². The third-order valence-corrected chi connectivity index (χ3v) is 2.76. The van der Waals surface area contributed by atoms with E-state index in [0.29, 0.717) is 12.2 Å². The summed E-state index contributed by atoms with van der Waals surface area (Å²) in [7, 11) is 0. The van der Waals surface area contributed by atoms with Crippen LogP contribution in [0.3, 0.4) is 0 Å². The maximum absolute atomic E-state index is 11.7. The van der Waals surface area contributed by atoms with Crippen LogP contribution in [0.1, 0.15) is 17.1 Å². The summed E-state index contributed by atoms with van der Waals surface area (Å²) >= 11 is 0. The second-order valence-electron chi connectivity index (χ2n) is 4.10. The maximum atomic E-state index is 11.7. The van der Waals surface area contributed by atoms with E-state index in [4.69, 9.17) is 5.73 Å². The van der Waals surface area contributed by atoms with Crippen molar-refractivity contribution in [1.82, 2.24) is 25.1 Å². The van der Waals surface area contributed by atoms with Crippen molar-refractivity contribution >= 4 is 11.6 Å². The van der Waals surface area contributed by atoms with Crippen LogP contribution in [0.15, 0.2) is 12.5 Å². The normalized spacial score (nSPS) is 10.6. The number of aromatic nitrogens is 4. The van der Waals surface area contributed by atoms with Gasteiger partial charge < -0.3 is 16.0 Å². The van der Waals surface area contributed by atoms with Crippen LogP contribution in [0.5, 0.6) is 0 Å². The number of anilines is 1. The minimum atomic E-state index is -0.116. The summed E-state index contributed by atoms with van der Waals surface area (Å²) in [6.07, 6.45) is 3.24. The average molecular weight is 248 g/mol. The summed E-state index contributed by atoms with van der Waals surface area (Å²) in [6.45, 7) is 4.25. The van der Waals surface area contributed by atoms with Gasteiger partial charge in [-0.15, -0.1) is 0 Å². The molecule has 2 heterocycles. The number of imidazole rings is 1. The van der Waals surface area contributed by atoms with E-state index in [1.54, 1.807) is 17.2 Å². The SMILES string of the molecule is Cc1nn(CC(=O)NCc2cnc[nH]2)c(C)c1N. The van der Waals surface area contributed by atoms with Crippen molar-refractivity contribution in [2.75, 3.05) is 5.73 Å². The number of nitrogens with two attached hydrogens (primary N) is 1. The molecular weight excluding hydrogens is 232 g/mol. The van der Waals surface area contributed by atoms with E-state index in [0.717, 1.165) is 17.1 Å². The Morgan fingerprint density at radius 3 is 2.89 bits per heavy atom. The van der Waals surface area contributed by atoms with Crippen LogP contribution in [-0.2, 0) is 17.9 Å². The fourth-order valence-corrected chi connectivity index (χ4v) is 1.63. The van der Waals surface area contributed by atoms with Crippen molar-refractivity contribution in [1.29, 1.82) is 0 Å². The first-order chi connectivity index (χ1) is 8.58. The second-order valence-corrected chi connectivity index (χ2v) is 4.10. The number of amides is 1. The fraction of sp³-hybridized carbons (Fsp3) is 0.364. The van der Waals surface area contributed by atoms with Gasteiger partial charge >= 0.3 is 0 Å². The van der Waals surface area contributed by atoms with E-state index in [2.05, 4.69) is 20.4 Å². The first-order valence-electron chi connectivity index (χ1n) is 5.61. The molecule has 96 valence electrons. The highest BCUT2D eigenvalue weighted by molar-refractivity contribution is 5.75. The summed E-state index contributed by atoms with van der Waals surface area (Å²) < 4.78 is 1.60. The predicted octanol–water partition coefficient (Wildman–Crippen LogP) is 0.122. The molecule has 0 aliphatic heterocycles. The van der Waals surface area contributed by atoms with Gasteiger partial charge in [0.25, 0.3) is 0 Å². The largest absolute Gasteiger partial charge is 0.396 e. The van der Waals surface area contributed by atoms with Crippen molar-refractivity contribution in [2.45, 2.75) is 26.9 Å². The van der Waals surface area contributed by atoms with Gasteiger partial charge in [0.2, 0.25) is 5.91 Å². The standard InChI is InChI=1S/C11H16N6O/c1-7-11(12)8(2)17(16-7)5-10(18)14-4-9-3-13-6-15-9/h3,6H,4-5,12H2,1-2H3,(H,13,15)(H,14,18). The Kier molecular flexibility index (Phi) is 3.31. The van der Waals surface area contributed by atoms with E-state index in [1.807, 2.05) is 13.8 Å². The number of hydrogen-bond acceptors (Lipinski definition) is 4. The van der Waals surface area contributed by atoms with Crippen LogP contribution in [0.25, 0.3) is 0 Å². The Hall–Kier alpha value is -2.31. The van der Waals surface area contributed by atoms with E-state index < -0.39 is 0 Å². The van der Waals surface area contributed by atoms with Crippen molar-refractivity contribution in [2.24, 2.45) is 0 Å². The van der Waals surface area contributed by atoms with Crippen molar-refractivity contribution in [3.8, 4) is 0 Å². The number of carbonyl (C=O) groups is 1. The summed E-state index contributed by atoms with van der Waals surface area (Å²) in [4.78, 5) is 18.5. The van der Waals surface area contributed by atoms with Crippen LogP contribution in [0, 0.1) is 13.8 Å². The van der Waals surface area contributed by atoms with E-state index in [1.165, 1.54) is 0 Å². The molecule has 0 saturated heterocycles. The lowest BCUT2D eigenvalue weighted by atomic mass is 10.3. The van der Waals surface area contributed by atoms with Crippen LogP contribution in [0.4, 0.5) is 5.69 Å². The Bertz CT molecular complexity index is 542. The third kappa shape index (κ3) is 2.50. The van der Waals surface area contributed by atoms with Crippen LogP contribution >= 0.6 is 0 Å². The molecule has 0 aromatic carbocycles. The van der Waals surface area contributed by atoms with Gasteiger partial charge in [0.05, 0.1) is 35.6 Å². The van der Waals surface area contributed by atoms with Crippen molar-refractivity contribution in [3.05, 3.63) is 29.6 Å². The van der Waals surface area contributed by atoms with Gasteiger partial charge in [-0.3, -0.25) is 9.48 Å². The number of nitrogens with zero attached hydrogens (tertiary/aromatic N) is 3. The third-order valence-electron chi connectivity index (χ3n) is 2.76. The van der Waals surface area contributed by atoms with E-state index in [-0.39, 0.29) is 12.5 Å². The van der Waals surface area contributed by atoms with Gasteiger partial charge in [0.1, 0.15) is 6.54 Å². The maximum Gasteiger partial charge on any atom is 0.242 e. The predicted molar refractivity (Wildman–Crippen MR) is 66.5 cm³/mol. The highest BCUT2D eigenvalue weighted by atomic mass is 16.2. The number of aromatic amines is 1. The fourth-order valence-electron chi connectivity index (χ4n) is 1.63. The Labute approximate surface area is 104 Å². The number of H-pyrrole nitrogens is 1. The van der Waals surface area contributed by atoms with Crippen LogP contribution in [0.2, 0.25) is 0 Å². The number of rotatable bonds is 4. The van der Waals surface area contributed by atoms with Gasteiger partial charge in [0, 0.05) is 6.20 Å². The molecule has 1 amide bonds. The van der Waals surface area contributed by atoms with Gasteiger partial charge in [-0.2, -0.15) is 5.10 Å². The van der Waals surface area contributed by atoms with Crippen LogP contribution < -0.4 is 11.1 Å². The molecule has 7 nitrogen and oxygen atoms in total. The lowest BCUT2D eigenvalue weighted by Crippen LogP contribution is -2.28. The summed E-state index contributed by atoms with van der Waals surface area (Å²) in [6, 6.07) is 0. The number of aryl methyl sites for hydroxylation is 1. The highest BCUT2D eigenvalue weighted by Crippen LogP contribution is 2.14. The lowest BCUT2D eigenvalue weighted by Gasteiger charge is -2.05. The number of carbonyl (C=O) groups excluding carboxylic acids is 1. The number of hydrogen-bond donors (Lipinski definition) is 3. The quantitative estimate of drug-likeness (QED) is 0.715. The molecule has 2 rings (SSSR count). The zero-order chi connectivity index (χ0) is 13.1. The molecule has 18 heavy (non-hydrogen) atoms. The molecule has 2 aromatic heterocycles. The van der Waals surface area contributed by atoms with Gasteiger partial charge in [-0.25, -0.2) is 4.98 Å². The van der Waals surface area contributed by atoms with E-state index >= 15 is 0 Å². The molecule has 0 bridgehead atoms. The molecule has 0 aliphatic carbocycles. The molecule has 4 N–H and O–H groups in total. The smallest absolute Gasteiger partial charge is 0.242 e. The monoisotopic (exact) mass is 248 g/mol. The summed E-state index contributed by atoms with van der Waals surface area (Å²) in [5.41, 5.74) is 8.85. The first kappa shape index (κ1) is 12.2. The van der Waals surface area contributed by atoms with Crippen molar-refractivity contribution in [3.63, 3.8) is 0 Å². The molecule has 0 aliphatic rings. The molecule has 0 fully saturated rings. The Morgan fingerprint density at radius 1 is 1.56 bits per heavy atom. The molecular formula is C11H16N6O. The summed E-state index contributed by atoms with van der Waals surface area (Å²) in [5.74, 6) is -0.116. The van der Waals surface area contributed by atoms with Gasteiger partial charge in [-0.05, 0) is 13.8 Å². The minimum absolute atomic E-state index is 0.116. The summed E-state index contributed by atoms with van der Waals surface area (Å²) in [5, 5.41) is 6.98. The minimum Gasteiger partial charge on any atom is -0.396 e. The molecule has 0 atom stereocenters. The number of nitrogen functional groups attached to an aromatic ring is 1. The molecule has 0 unspecified atom stereocenters. The Morgan fingerprint density at radius 2 is 2.33 bits per heavy atom. The molecule has 0 radical (unpaired) electrons. The lowest BCUT2D eigenvalue weighted by molar-refractivity contribution is -0.122. The molecule has 0 saturated carbocycles. The Balaban J connectivity index is 1.93.